The van der Waals surface area contributed by atoms with Gasteiger partial charge in [0, 0.05) is 58.5 Å². The second-order valence-corrected chi connectivity index (χ2v) is 7.01. The summed E-state index contributed by atoms with van der Waals surface area (Å²) in [6.45, 7) is 2.28. The van der Waals surface area contributed by atoms with Crippen molar-refractivity contribution in [1.29, 1.82) is 0 Å². The van der Waals surface area contributed by atoms with Crippen molar-refractivity contribution in [3.05, 3.63) is 77.1 Å². The van der Waals surface area contributed by atoms with Gasteiger partial charge in [0.15, 0.2) is 5.96 Å². The molecule has 0 unspecified atom stereocenters. The fraction of sp³-hybridized carbons (Fsp3) is 0.300. The van der Waals surface area contributed by atoms with Gasteiger partial charge in [-0.3, -0.25) is 4.99 Å². The van der Waals surface area contributed by atoms with Crippen molar-refractivity contribution in [2.75, 3.05) is 14.1 Å². The highest BCUT2D eigenvalue weighted by molar-refractivity contribution is 6.30. The Labute approximate surface area is 165 Å². The standard InChI is InChI=1S/C20H25ClN6/c1-22-20(26(3)14-19-10-18(21)13-25(19)2)24-11-16-4-6-17(7-5-16)12-27-9-8-23-15-27/h4-10,13,15H,11-12,14H2,1-3H3,(H,22,24). The Balaban J connectivity index is 1.55. The van der Waals surface area contributed by atoms with E-state index in [0.29, 0.717) is 0 Å². The molecule has 6 nitrogen and oxygen atoms in total. The Morgan fingerprint density at radius 1 is 1.26 bits per heavy atom. The molecule has 7 heteroatoms. The van der Waals surface area contributed by atoms with Gasteiger partial charge in [0.1, 0.15) is 0 Å². The highest BCUT2D eigenvalue weighted by atomic mass is 35.5. The first kappa shape index (κ1) is 19.0. The minimum atomic E-state index is 0.719. The average molecular weight is 385 g/mol. The van der Waals surface area contributed by atoms with Crippen LogP contribution in [0.5, 0.6) is 0 Å². The lowest BCUT2D eigenvalue weighted by atomic mass is 10.1. The summed E-state index contributed by atoms with van der Waals surface area (Å²) >= 11 is 6.07. The third kappa shape index (κ3) is 5.14. The minimum absolute atomic E-state index is 0.719. The molecule has 3 rings (SSSR count). The maximum atomic E-state index is 6.07. The average Bonchev–Trinajstić information content (AvgIpc) is 3.26. The predicted octanol–water partition coefficient (Wildman–Crippen LogP) is 3.13. The SMILES string of the molecule is CN=C(NCc1ccc(Cn2ccnc2)cc1)N(C)Cc1cc(Cl)cn1C. The lowest BCUT2D eigenvalue weighted by molar-refractivity contribution is 0.461. The molecular formula is C20H25ClN6. The van der Waals surface area contributed by atoms with E-state index in [1.165, 1.54) is 11.1 Å². The summed E-state index contributed by atoms with van der Waals surface area (Å²) in [6, 6.07) is 10.6. The molecule has 0 saturated heterocycles. The van der Waals surface area contributed by atoms with E-state index in [1.807, 2.05) is 43.4 Å². The Kier molecular flexibility index (Phi) is 6.19. The highest BCUT2D eigenvalue weighted by Gasteiger charge is 2.09. The molecule has 1 N–H and O–H groups in total. The van der Waals surface area contributed by atoms with Gasteiger partial charge in [0.2, 0.25) is 0 Å². The third-order valence-electron chi connectivity index (χ3n) is 4.44. The van der Waals surface area contributed by atoms with E-state index < -0.39 is 0 Å². The van der Waals surface area contributed by atoms with Gasteiger partial charge in [0.25, 0.3) is 0 Å². The van der Waals surface area contributed by atoms with E-state index in [9.17, 15) is 0 Å². The number of guanidine groups is 1. The summed E-state index contributed by atoms with van der Waals surface area (Å²) in [6.07, 6.45) is 7.50. The molecule has 0 aliphatic heterocycles. The van der Waals surface area contributed by atoms with Crippen LogP contribution in [-0.4, -0.2) is 39.1 Å². The van der Waals surface area contributed by atoms with E-state index in [1.54, 1.807) is 13.2 Å². The van der Waals surface area contributed by atoms with Crippen LogP contribution in [-0.2, 0) is 26.7 Å². The molecule has 3 aromatic rings. The van der Waals surface area contributed by atoms with Crippen LogP contribution in [0, 0.1) is 0 Å². The number of nitrogens with one attached hydrogen (secondary N) is 1. The van der Waals surface area contributed by atoms with Gasteiger partial charge in [-0.1, -0.05) is 35.9 Å². The second kappa shape index (κ2) is 8.77. The summed E-state index contributed by atoms with van der Waals surface area (Å²) in [5.41, 5.74) is 3.59. The molecule has 0 atom stereocenters. The number of halogens is 1. The lowest BCUT2D eigenvalue weighted by Crippen LogP contribution is -2.38. The number of hydrogen-bond acceptors (Lipinski definition) is 2. The largest absolute Gasteiger partial charge is 0.352 e. The predicted molar refractivity (Wildman–Crippen MR) is 110 cm³/mol. The van der Waals surface area contributed by atoms with Crippen LogP contribution in [0.15, 0.2) is 60.2 Å². The normalized spacial score (nSPS) is 11.6. The zero-order chi connectivity index (χ0) is 19.2. The van der Waals surface area contributed by atoms with Gasteiger partial charge in [0.05, 0.1) is 17.9 Å². The van der Waals surface area contributed by atoms with Crippen LogP contribution in [0.3, 0.4) is 0 Å². The van der Waals surface area contributed by atoms with Crippen molar-refractivity contribution in [2.24, 2.45) is 12.0 Å². The van der Waals surface area contributed by atoms with Gasteiger partial charge in [-0.15, -0.1) is 0 Å². The van der Waals surface area contributed by atoms with Crippen molar-refractivity contribution in [1.82, 2.24) is 24.3 Å². The fourth-order valence-electron chi connectivity index (χ4n) is 2.96. The first-order valence-electron chi connectivity index (χ1n) is 8.81. The molecule has 0 bridgehead atoms. The highest BCUT2D eigenvalue weighted by Crippen LogP contribution is 2.14. The zero-order valence-corrected chi connectivity index (χ0v) is 16.7. The molecule has 1 aromatic carbocycles. The number of aliphatic imine (C=N–C) groups is 1. The van der Waals surface area contributed by atoms with Crippen LogP contribution < -0.4 is 5.32 Å². The molecule has 0 fully saturated rings. The number of aromatic nitrogens is 3. The maximum Gasteiger partial charge on any atom is 0.194 e. The molecule has 0 aliphatic rings. The number of hydrogen-bond donors (Lipinski definition) is 1. The molecule has 27 heavy (non-hydrogen) atoms. The maximum absolute atomic E-state index is 6.07. The van der Waals surface area contributed by atoms with Crippen LogP contribution in [0.2, 0.25) is 5.02 Å². The topological polar surface area (TPSA) is 50.4 Å². The van der Waals surface area contributed by atoms with Crippen LogP contribution in [0.4, 0.5) is 0 Å². The Bertz CT molecular complexity index is 880. The number of benzene rings is 1. The molecule has 0 aliphatic carbocycles. The number of rotatable bonds is 6. The Morgan fingerprint density at radius 2 is 2.00 bits per heavy atom. The molecule has 2 heterocycles. The van der Waals surface area contributed by atoms with Crippen molar-refractivity contribution in [3.63, 3.8) is 0 Å². The quantitative estimate of drug-likeness (QED) is 0.524. The third-order valence-corrected chi connectivity index (χ3v) is 4.65. The van der Waals surface area contributed by atoms with Crippen molar-refractivity contribution >= 4 is 17.6 Å². The van der Waals surface area contributed by atoms with E-state index in [0.717, 1.165) is 36.3 Å². The fourth-order valence-corrected chi connectivity index (χ4v) is 3.23. The summed E-state index contributed by atoms with van der Waals surface area (Å²) in [4.78, 5) is 10.5. The molecule has 0 spiro atoms. The molecule has 2 aromatic heterocycles. The Hall–Kier alpha value is -2.73. The summed E-state index contributed by atoms with van der Waals surface area (Å²) in [5, 5.41) is 4.17. The van der Waals surface area contributed by atoms with Crippen LogP contribution >= 0.6 is 11.6 Å². The molecular weight excluding hydrogens is 360 g/mol. The first-order chi connectivity index (χ1) is 13.0. The van der Waals surface area contributed by atoms with Crippen molar-refractivity contribution < 1.29 is 0 Å². The van der Waals surface area contributed by atoms with Crippen LogP contribution in [0.1, 0.15) is 16.8 Å². The van der Waals surface area contributed by atoms with Gasteiger partial charge in [-0.2, -0.15) is 0 Å². The van der Waals surface area contributed by atoms with Gasteiger partial charge in [-0.25, -0.2) is 4.98 Å². The monoisotopic (exact) mass is 384 g/mol. The first-order valence-corrected chi connectivity index (χ1v) is 9.19. The molecule has 142 valence electrons. The smallest absolute Gasteiger partial charge is 0.194 e. The van der Waals surface area contributed by atoms with Gasteiger partial charge in [-0.05, 0) is 17.2 Å². The number of aryl methyl sites for hydroxylation is 1. The van der Waals surface area contributed by atoms with E-state index in [-0.39, 0.29) is 0 Å². The number of imidazole rings is 1. The number of nitrogens with zero attached hydrogens (tertiary/aromatic N) is 5. The lowest BCUT2D eigenvalue weighted by Gasteiger charge is -2.22. The van der Waals surface area contributed by atoms with Crippen molar-refractivity contribution in [3.8, 4) is 0 Å². The summed E-state index contributed by atoms with van der Waals surface area (Å²) in [5.74, 6) is 0.842. The van der Waals surface area contributed by atoms with Gasteiger partial charge >= 0.3 is 0 Å². The van der Waals surface area contributed by atoms with Gasteiger partial charge < -0.3 is 19.4 Å². The van der Waals surface area contributed by atoms with E-state index >= 15 is 0 Å². The Morgan fingerprint density at radius 3 is 2.59 bits per heavy atom. The van der Waals surface area contributed by atoms with Crippen LogP contribution in [0.25, 0.3) is 0 Å². The van der Waals surface area contributed by atoms with Crippen molar-refractivity contribution in [2.45, 2.75) is 19.6 Å². The minimum Gasteiger partial charge on any atom is -0.352 e. The van der Waals surface area contributed by atoms with E-state index in [4.69, 9.17) is 11.6 Å². The second-order valence-electron chi connectivity index (χ2n) is 6.57. The molecule has 0 saturated carbocycles. The summed E-state index contributed by atoms with van der Waals surface area (Å²) in [7, 11) is 5.81. The summed E-state index contributed by atoms with van der Waals surface area (Å²) < 4.78 is 4.09. The van der Waals surface area contributed by atoms with E-state index in [2.05, 4.69) is 49.0 Å². The molecule has 0 radical (unpaired) electrons. The molecule has 0 amide bonds. The zero-order valence-electron chi connectivity index (χ0n) is 15.9.